The van der Waals surface area contributed by atoms with Crippen molar-refractivity contribution in [1.29, 1.82) is 0 Å². The van der Waals surface area contributed by atoms with Crippen LogP contribution in [-0.4, -0.2) is 8.42 Å². The summed E-state index contributed by atoms with van der Waals surface area (Å²) in [6.45, 7) is 0. The molecule has 0 amide bonds. The van der Waals surface area contributed by atoms with Gasteiger partial charge in [0, 0.05) is 4.47 Å². The highest BCUT2D eigenvalue weighted by Gasteiger charge is 2.19. The lowest BCUT2D eigenvalue weighted by Crippen LogP contribution is -2.02. The first kappa shape index (κ1) is 16.7. The van der Waals surface area contributed by atoms with Crippen molar-refractivity contribution in [3.63, 3.8) is 0 Å². The van der Waals surface area contributed by atoms with E-state index in [0.29, 0.717) is 5.75 Å². The molecule has 0 spiro atoms. The van der Waals surface area contributed by atoms with Gasteiger partial charge in [0.2, 0.25) is 9.84 Å². The summed E-state index contributed by atoms with van der Waals surface area (Å²) < 4.78 is 45.4. The molecule has 1 radical (unpaired) electrons. The van der Waals surface area contributed by atoms with E-state index < -0.39 is 15.7 Å². The lowest BCUT2D eigenvalue weighted by atomic mass is 10.3. The van der Waals surface area contributed by atoms with Crippen LogP contribution in [0.5, 0.6) is 11.5 Å². The average Bonchev–Trinajstić information content (AvgIpc) is 2.57. The molecule has 3 aromatic rings. The summed E-state index contributed by atoms with van der Waals surface area (Å²) in [5.41, 5.74) is 0. The Hall–Kier alpha value is -2.18. The standard InChI is InChI=1S/C18H11BrFO3S/c19-13-5-4-6-14(11-13)23-18-10-9-16(12-17(18)20)24(21,22)15-7-2-1-3-8-15/h1-3,5-12H. The predicted octanol–water partition coefficient (Wildman–Crippen LogP) is 5.01. The number of benzene rings is 3. The number of sulfone groups is 1. The number of halogens is 2. The topological polar surface area (TPSA) is 43.4 Å². The Morgan fingerprint density at radius 1 is 0.958 bits per heavy atom. The van der Waals surface area contributed by atoms with Gasteiger partial charge in [-0.05, 0) is 54.6 Å². The van der Waals surface area contributed by atoms with Crippen molar-refractivity contribution >= 4 is 25.8 Å². The van der Waals surface area contributed by atoms with Gasteiger partial charge in [0.05, 0.1) is 9.79 Å². The summed E-state index contributed by atoms with van der Waals surface area (Å²) in [6.07, 6.45) is 0. The molecule has 0 aliphatic carbocycles. The smallest absolute Gasteiger partial charge is 0.206 e. The molecule has 3 aromatic carbocycles. The van der Waals surface area contributed by atoms with Crippen molar-refractivity contribution in [1.82, 2.24) is 0 Å². The van der Waals surface area contributed by atoms with Crippen LogP contribution in [0.4, 0.5) is 4.39 Å². The van der Waals surface area contributed by atoms with Crippen LogP contribution in [0.1, 0.15) is 0 Å². The molecule has 0 fully saturated rings. The molecule has 0 aliphatic rings. The summed E-state index contributed by atoms with van der Waals surface area (Å²) in [5, 5.41) is 0. The van der Waals surface area contributed by atoms with Gasteiger partial charge in [-0.3, -0.25) is 0 Å². The zero-order valence-corrected chi connectivity index (χ0v) is 14.6. The highest BCUT2D eigenvalue weighted by molar-refractivity contribution is 9.10. The first-order valence-corrected chi connectivity index (χ1v) is 9.18. The molecule has 121 valence electrons. The number of ether oxygens (including phenoxy) is 1. The average molecular weight is 406 g/mol. The van der Waals surface area contributed by atoms with Crippen LogP contribution in [0.25, 0.3) is 0 Å². The number of hydrogen-bond donors (Lipinski definition) is 0. The molecule has 24 heavy (non-hydrogen) atoms. The van der Waals surface area contributed by atoms with E-state index in [1.54, 1.807) is 36.4 Å². The molecule has 0 aliphatic heterocycles. The van der Waals surface area contributed by atoms with Crippen LogP contribution in [-0.2, 0) is 9.84 Å². The zero-order chi connectivity index (χ0) is 17.2. The van der Waals surface area contributed by atoms with Gasteiger partial charge < -0.3 is 4.74 Å². The van der Waals surface area contributed by atoms with E-state index in [0.717, 1.165) is 10.5 Å². The summed E-state index contributed by atoms with van der Waals surface area (Å²) in [6, 6.07) is 19.2. The molecule has 0 bridgehead atoms. The lowest BCUT2D eigenvalue weighted by Gasteiger charge is -2.09. The largest absolute Gasteiger partial charge is 0.454 e. The van der Waals surface area contributed by atoms with Crippen molar-refractivity contribution in [3.8, 4) is 11.5 Å². The molecule has 0 aromatic heterocycles. The van der Waals surface area contributed by atoms with Crippen LogP contribution >= 0.6 is 15.9 Å². The second-order valence-electron chi connectivity index (χ2n) is 4.90. The molecule has 6 heteroatoms. The van der Waals surface area contributed by atoms with E-state index in [1.807, 2.05) is 0 Å². The molecule has 3 nitrogen and oxygen atoms in total. The minimum absolute atomic E-state index is 0.0616. The summed E-state index contributed by atoms with van der Waals surface area (Å²) >= 11 is 3.27. The normalized spacial score (nSPS) is 11.2. The van der Waals surface area contributed by atoms with Gasteiger partial charge in [-0.1, -0.05) is 34.1 Å². The molecular formula is C18H11BrFO3S. The fraction of sp³-hybridized carbons (Fsp3) is 0. The molecule has 0 heterocycles. The van der Waals surface area contributed by atoms with Crippen LogP contribution in [0, 0.1) is 11.9 Å². The Morgan fingerprint density at radius 3 is 2.38 bits per heavy atom. The van der Waals surface area contributed by atoms with Crippen molar-refractivity contribution in [2.45, 2.75) is 9.79 Å². The monoisotopic (exact) mass is 405 g/mol. The third kappa shape index (κ3) is 3.49. The maximum absolute atomic E-state index is 14.3. The molecular weight excluding hydrogens is 395 g/mol. The van der Waals surface area contributed by atoms with Gasteiger partial charge in [0.1, 0.15) is 5.75 Å². The van der Waals surface area contributed by atoms with Gasteiger partial charge in [-0.2, -0.15) is 0 Å². The SMILES string of the molecule is O=S(=O)(c1ccccc1)c1ccc(Oc2c[c]cc(Br)c2)c(F)c1. The van der Waals surface area contributed by atoms with Gasteiger partial charge in [-0.15, -0.1) is 0 Å². The highest BCUT2D eigenvalue weighted by atomic mass is 79.9. The van der Waals surface area contributed by atoms with E-state index >= 15 is 0 Å². The van der Waals surface area contributed by atoms with Crippen LogP contribution in [0.2, 0.25) is 0 Å². The third-order valence-electron chi connectivity index (χ3n) is 3.22. The maximum atomic E-state index is 14.3. The minimum Gasteiger partial charge on any atom is -0.454 e. The number of rotatable bonds is 4. The molecule has 0 atom stereocenters. The maximum Gasteiger partial charge on any atom is 0.206 e. The quantitative estimate of drug-likeness (QED) is 0.612. The van der Waals surface area contributed by atoms with E-state index in [-0.39, 0.29) is 15.5 Å². The molecule has 0 N–H and O–H groups in total. The van der Waals surface area contributed by atoms with Crippen LogP contribution in [0.3, 0.4) is 0 Å². The van der Waals surface area contributed by atoms with Gasteiger partial charge in [-0.25, -0.2) is 12.8 Å². The van der Waals surface area contributed by atoms with E-state index in [9.17, 15) is 12.8 Å². The van der Waals surface area contributed by atoms with Crippen molar-refractivity contribution in [3.05, 3.63) is 83.1 Å². The first-order chi connectivity index (χ1) is 11.5. The van der Waals surface area contributed by atoms with Crippen molar-refractivity contribution < 1.29 is 17.5 Å². The second-order valence-corrected chi connectivity index (χ2v) is 7.76. The molecule has 3 rings (SSSR count). The van der Waals surface area contributed by atoms with E-state index in [2.05, 4.69) is 22.0 Å². The molecule has 0 unspecified atom stereocenters. The lowest BCUT2D eigenvalue weighted by molar-refractivity contribution is 0.440. The van der Waals surface area contributed by atoms with Gasteiger partial charge >= 0.3 is 0 Å². The van der Waals surface area contributed by atoms with Gasteiger partial charge in [0.15, 0.2) is 11.6 Å². The summed E-state index contributed by atoms with van der Waals surface area (Å²) in [4.78, 5) is -0.0148. The summed E-state index contributed by atoms with van der Waals surface area (Å²) in [5.74, 6) is -0.428. The Morgan fingerprint density at radius 2 is 1.71 bits per heavy atom. The second kappa shape index (κ2) is 6.75. The third-order valence-corrected chi connectivity index (χ3v) is 5.45. The number of hydrogen-bond acceptors (Lipinski definition) is 3. The van der Waals surface area contributed by atoms with E-state index in [4.69, 9.17) is 4.74 Å². The van der Waals surface area contributed by atoms with Crippen molar-refractivity contribution in [2.24, 2.45) is 0 Å². The van der Waals surface area contributed by atoms with Crippen molar-refractivity contribution in [2.75, 3.05) is 0 Å². The summed E-state index contributed by atoms with van der Waals surface area (Å²) in [7, 11) is -3.77. The first-order valence-electron chi connectivity index (χ1n) is 6.91. The Labute approximate surface area is 147 Å². The fourth-order valence-electron chi connectivity index (χ4n) is 2.08. The Balaban J connectivity index is 1.93. The predicted molar refractivity (Wildman–Crippen MR) is 91.3 cm³/mol. The Kier molecular flexibility index (Phi) is 4.69. The Bertz CT molecular complexity index is 973. The zero-order valence-electron chi connectivity index (χ0n) is 12.2. The fourth-order valence-corrected chi connectivity index (χ4v) is 3.73. The molecule has 0 saturated heterocycles. The minimum atomic E-state index is -3.77. The van der Waals surface area contributed by atoms with E-state index in [1.165, 1.54) is 24.3 Å². The van der Waals surface area contributed by atoms with Crippen LogP contribution < -0.4 is 4.74 Å². The molecule has 0 saturated carbocycles. The van der Waals surface area contributed by atoms with Crippen LogP contribution in [0.15, 0.2) is 81.0 Å². The highest BCUT2D eigenvalue weighted by Crippen LogP contribution is 2.29. The van der Waals surface area contributed by atoms with Gasteiger partial charge in [0.25, 0.3) is 0 Å².